The van der Waals surface area contributed by atoms with Gasteiger partial charge in [0.15, 0.2) is 0 Å². The van der Waals surface area contributed by atoms with Crippen LogP contribution in [0.2, 0.25) is 0 Å². The van der Waals surface area contributed by atoms with Crippen LogP contribution in [0.1, 0.15) is 0 Å². The molecule has 0 saturated carbocycles. The fraction of sp³-hybridized carbons (Fsp3) is 0.143. The van der Waals surface area contributed by atoms with E-state index in [0.717, 1.165) is 10.7 Å². The van der Waals surface area contributed by atoms with E-state index in [9.17, 15) is 8.42 Å². The number of nitrogens with two attached hydrogens (primary N) is 1. The first-order valence-electron chi connectivity index (χ1n) is 3.32. The minimum Gasteiger partial charge on any atom is -0.233 e. The van der Waals surface area contributed by atoms with Gasteiger partial charge in [-0.15, -0.1) is 12.4 Å². The molecule has 13 heavy (non-hydrogen) atoms. The van der Waals surface area contributed by atoms with Gasteiger partial charge in [-0.1, -0.05) is 18.2 Å². The quantitative estimate of drug-likeness (QED) is 0.593. The van der Waals surface area contributed by atoms with Gasteiger partial charge in [0.25, 0.3) is 0 Å². The zero-order valence-electron chi connectivity index (χ0n) is 7.04. The summed E-state index contributed by atoms with van der Waals surface area (Å²) >= 11 is 0. The van der Waals surface area contributed by atoms with E-state index in [1.807, 2.05) is 0 Å². The Morgan fingerprint density at radius 1 is 1.23 bits per heavy atom. The topological polar surface area (TPSA) is 63.4 Å². The van der Waals surface area contributed by atoms with Crippen molar-refractivity contribution in [1.29, 1.82) is 0 Å². The number of halogens is 1. The van der Waals surface area contributed by atoms with Gasteiger partial charge in [0.1, 0.15) is 0 Å². The molecule has 1 aromatic carbocycles. The Kier molecular flexibility index (Phi) is 4.19. The van der Waals surface area contributed by atoms with Gasteiger partial charge in [-0.05, 0) is 12.1 Å². The molecule has 0 unspecified atom stereocenters. The van der Waals surface area contributed by atoms with Crippen molar-refractivity contribution in [2.75, 3.05) is 10.7 Å². The molecule has 4 nitrogen and oxygen atoms in total. The maximum atomic E-state index is 10.9. The molecular formula is C7H11ClN2O2S. The third kappa shape index (κ3) is 3.22. The molecule has 0 amide bonds. The van der Waals surface area contributed by atoms with Crippen LogP contribution in [-0.4, -0.2) is 14.7 Å². The van der Waals surface area contributed by atoms with Crippen LogP contribution in [0.3, 0.4) is 0 Å². The lowest BCUT2D eigenvalue weighted by atomic mass is 10.3. The van der Waals surface area contributed by atoms with Gasteiger partial charge in [0.2, 0.25) is 10.0 Å². The normalized spacial score (nSPS) is 10.3. The van der Waals surface area contributed by atoms with Crippen LogP contribution in [0.25, 0.3) is 0 Å². The molecule has 0 fully saturated rings. The van der Waals surface area contributed by atoms with Crippen molar-refractivity contribution in [2.24, 2.45) is 5.84 Å². The number of anilines is 1. The first-order chi connectivity index (χ1) is 5.52. The monoisotopic (exact) mass is 222 g/mol. The molecular weight excluding hydrogens is 212 g/mol. The summed E-state index contributed by atoms with van der Waals surface area (Å²) in [6.45, 7) is 0. The van der Waals surface area contributed by atoms with Gasteiger partial charge in [0, 0.05) is 0 Å². The molecule has 0 radical (unpaired) electrons. The number of hydrogen-bond donors (Lipinski definition) is 1. The van der Waals surface area contributed by atoms with Crippen molar-refractivity contribution in [3.63, 3.8) is 0 Å². The Morgan fingerprint density at radius 2 is 1.69 bits per heavy atom. The van der Waals surface area contributed by atoms with E-state index >= 15 is 0 Å². The number of nitrogens with zero attached hydrogens (tertiary/aromatic N) is 1. The molecule has 0 aliphatic rings. The molecule has 2 N–H and O–H groups in total. The van der Waals surface area contributed by atoms with E-state index in [1.165, 1.54) is 0 Å². The molecule has 0 bridgehead atoms. The molecule has 74 valence electrons. The Balaban J connectivity index is 0.00000144. The summed E-state index contributed by atoms with van der Waals surface area (Å²) in [5.74, 6) is 5.32. The minimum atomic E-state index is -3.34. The van der Waals surface area contributed by atoms with Crippen molar-refractivity contribution < 1.29 is 8.42 Å². The number of para-hydroxylation sites is 1. The molecule has 0 saturated heterocycles. The molecule has 1 aromatic rings. The fourth-order valence-electron chi connectivity index (χ4n) is 0.766. The zero-order valence-corrected chi connectivity index (χ0v) is 8.68. The average Bonchev–Trinajstić information content (AvgIpc) is 2.03. The van der Waals surface area contributed by atoms with E-state index in [2.05, 4.69) is 0 Å². The summed E-state index contributed by atoms with van der Waals surface area (Å²) < 4.78 is 22.6. The van der Waals surface area contributed by atoms with Crippen molar-refractivity contribution in [1.82, 2.24) is 0 Å². The van der Waals surface area contributed by atoms with E-state index < -0.39 is 10.0 Å². The Hall–Kier alpha value is -0.780. The van der Waals surface area contributed by atoms with Gasteiger partial charge in [-0.25, -0.2) is 18.7 Å². The third-order valence-corrected chi connectivity index (χ3v) is 2.29. The van der Waals surface area contributed by atoms with Crippen LogP contribution < -0.4 is 10.3 Å². The van der Waals surface area contributed by atoms with Gasteiger partial charge >= 0.3 is 0 Å². The molecule has 0 aliphatic carbocycles. The molecule has 0 heterocycles. The lowest BCUT2D eigenvalue weighted by Gasteiger charge is -2.14. The summed E-state index contributed by atoms with van der Waals surface area (Å²) in [6, 6.07) is 8.49. The van der Waals surface area contributed by atoms with Crippen LogP contribution in [0.5, 0.6) is 0 Å². The summed E-state index contributed by atoms with van der Waals surface area (Å²) in [5.41, 5.74) is 0.458. The lowest BCUT2D eigenvalue weighted by Crippen LogP contribution is -2.36. The maximum Gasteiger partial charge on any atom is 0.245 e. The highest BCUT2D eigenvalue weighted by Crippen LogP contribution is 2.11. The summed E-state index contributed by atoms with van der Waals surface area (Å²) in [7, 11) is -3.34. The lowest BCUT2D eigenvalue weighted by molar-refractivity contribution is 0.598. The zero-order chi connectivity index (χ0) is 9.19. The summed E-state index contributed by atoms with van der Waals surface area (Å²) in [5, 5.41) is 0. The van der Waals surface area contributed by atoms with Gasteiger partial charge in [-0.2, -0.15) is 0 Å². The minimum absolute atomic E-state index is 0. The Morgan fingerprint density at radius 3 is 2.08 bits per heavy atom. The first-order valence-corrected chi connectivity index (χ1v) is 5.16. The number of rotatable bonds is 2. The number of sulfonamides is 1. The molecule has 0 aromatic heterocycles. The van der Waals surface area contributed by atoms with Crippen LogP contribution in [0, 0.1) is 0 Å². The van der Waals surface area contributed by atoms with E-state index in [1.54, 1.807) is 30.3 Å². The van der Waals surface area contributed by atoms with Gasteiger partial charge in [-0.3, -0.25) is 0 Å². The number of benzene rings is 1. The maximum absolute atomic E-state index is 10.9. The highest BCUT2D eigenvalue weighted by molar-refractivity contribution is 7.92. The highest BCUT2D eigenvalue weighted by Gasteiger charge is 2.10. The highest BCUT2D eigenvalue weighted by atomic mass is 35.5. The van der Waals surface area contributed by atoms with Crippen molar-refractivity contribution in [2.45, 2.75) is 0 Å². The van der Waals surface area contributed by atoms with Crippen LogP contribution >= 0.6 is 12.4 Å². The predicted octanol–water partition coefficient (Wildman–Crippen LogP) is 0.748. The molecule has 6 heteroatoms. The summed E-state index contributed by atoms with van der Waals surface area (Å²) in [4.78, 5) is 0. The van der Waals surface area contributed by atoms with Crippen molar-refractivity contribution in [3.8, 4) is 0 Å². The Labute approximate surface area is 83.8 Å². The SMILES string of the molecule is CS(=O)(=O)N(N)c1ccccc1.Cl. The van der Waals surface area contributed by atoms with Crippen LogP contribution in [0.4, 0.5) is 5.69 Å². The Bertz CT molecular complexity index is 352. The fourth-order valence-corrected chi connectivity index (χ4v) is 1.27. The van der Waals surface area contributed by atoms with Crippen LogP contribution in [-0.2, 0) is 10.0 Å². The number of hydrogen-bond acceptors (Lipinski definition) is 3. The van der Waals surface area contributed by atoms with Crippen LogP contribution in [0.15, 0.2) is 30.3 Å². The third-order valence-electron chi connectivity index (χ3n) is 1.37. The predicted molar refractivity (Wildman–Crippen MR) is 55.2 cm³/mol. The van der Waals surface area contributed by atoms with E-state index in [0.29, 0.717) is 5.69 Å². The second-order valence-corrected chi connectivity index (χ2v) is 4.25. The number of hydrazine groups is 1. The summed E-state index contributed by atoms with van der Waals surface area (Å²) in [6.07, 6.45) is 1.06. The first kappa shape index (κ1) is 12.2. The average molecular weight is 223 g/mol. The van der Waals surface area contributed by atoms with Gasteiger partial charge < -0.3 is 0 Å². The second kappa shape index (κ2) is 4.45. The van der Waals surface area contributed by atoms with E-state index in [4.69, 9.17) is 5.84 Å². The molecule has 0 atom stereocenters. The molecule has 0 spiro atoms. The van der Waals surface area contributed by atoms with Crippen molar-refractivity contribution >= 4 is 28.1 Å². The van der Waals surface area contributed by atoms with Gasteiger partial charge in [0.05, 0.1) is 11.9 Å². The smallest absolute Gasteiger partial charge is 0.233 e. The largest absolute Gasteiger partial charge is 0.245 e. The standard InChI is InChI=1S/C7H10N2O2S.ClH/c1-12(10,11)9(8)7-5-3-2-4-6-7;/h2-6H,8H2,1H3;1H. The van der Waals surface area contributed by atoms with E-state index in [-0.39, 0.29) is 12.4 Å². The second-order valence-electron chi connectivity index (χ2n) is 2.39. The molecule has 1 rings (SSSR count). The molecule has 0 aliphatic heterocycles. The van der Waals surface area contributed by atoms with Crippen molar-refractivity contribution in [3.05, 3.63) is 30.3 Å².